The van der Waals surface area contributed by atoms with Crippen LogP contribution in [0.2, 0.25) is 0 Å². The Hall–Kier alpha value is -0.950. The fraction of sp³-hybridized carbons (Fsp3) is 0.833. The van der Waals surface area contributed by atoms with E-state index in [-0.39, 0.29) is 0 Å². The molecule has 2 aliphatic heterocycles. The number of nitrogens with zero attached hydrogens (tertiary/aromatic N) is 5. The standard InChI is InChI=1S/C18H33N5O/c1-16-18(13-22-5-3-4-17(12-22)15-24)14-23(19-16)11-10-21-8-6-20(2)7-9-21/h14,17,24H,3-13,15H2,1-2H3. The van der Waals surface area contributed by atoms with Gasteiger partial charge in [0.15, 0.2) is 0 Å². The summed E-state index contributed by atoms with van der Waals surface area (Å²) >= 11 is 0. The minimum Gasteiger partial charge on any atom is -0.396 e. The van der Waals surface area contributed by atoms with E-state index in [4.69, 9.17) is 5.10 Å². The molecule has 6 nitrogen and oxygen atoms in total. The van der Waals surface area contributed by atoms with Crippen molar-refractivity contribution in [3.05, 3.63) is 17.5 Å². The number of rotatable bonds is 6. The molecule has 1 unspecified atom stereocenters. The molecule has 1 aromatic rings. The molecule has 1 atom stereocenters. The van der Waals surface area contributed by atoms with Gasteiger partial charge in [-0.1, -0.05) is 0 Å². The molecular formula is C18H33N5O. The van der Waals surface area contributed by atoms with Gasteiger partial charge in [0.1, 0.15) is 0 Å². The van der Waals surface area contributed by atoms with Crippen molar-refractivity contribution in [2.45, 2.75) is 32.9 Å². The summed E-state index contributed by atoms with van der Waals surface area (Å²) < 4.78 is 2.12. The van der Waals surface area contributed by atoms with Crippen LogP contribution >= 0.6 is 0 Å². The minimum atomic E-state index is 0.319. The average molecular weight is 335 g/mol. The van der Waals surface area contributed by atoms with Gasteiger partial charge in [0, 0.05) is 64.2 Å². The van der Waals surface area contributed by atoms with Gasteiger partial charge < -0.3 is 10.0 Å². The molecule has 0 radical (unpaired) electrons. The number of aliphatic hydroxyl groups excluding tert-OH is 1. The van der Waals surface area contributed by atoms with Crippen molar-refractivity contribution in [1.82, 2.24) is 24.5 Å². The van der Waals surface area contributed by atoms with Crippen molar-refractivity contribution in [1.29, 1.82) is 0 Å². The van der Waals surface area contributed by atoms with E-state index >= 15 is 0 Å². The summed E-state index contributed by atoms with van der Waals surface area (Å²) in [5.74, 6) is 0.450. The molecule has 2 aliphatic rings. The summed E-state index contributed by atoms with van der Waals surface area (Å²) in [6, 6.07) is 0. The van der Waals surface area contributed by atoms with Crippen LogP contribution in [0.5, 0.6) is 0 Å². The van der Waals surface area contributed by atoms with E-state index in [9.17, 15) is 5.11 Å². The fourth-order valence-corrected chi connectivity index (χ4v) is 3.83. The van der Waals surface area contributed by atoms with E-state index < -0.39 is 0 Å². The molecule has 1 aromatic heterocycles. The van der Waals surface area contributed by atoms with E-state index in [2.05, 4.69) is 39.5 Å². The topological polar surface area (TPSA) is 47.8 Å². The number of piperidine rings is 1. The van der Waals surface area contributed by atoms with Gasteiger partial charge in [-0.2, -0.15) is 5.10 Å². The largest absolute Gasteiger partial charge is 0.396 e. The zero-order valence-corrected chi connectivity index (χ0v) is 15.3. The van der Waals surface area contributed by atoms with E-state index in [0.717, 1.165) is 44.8 Å². The molecule has 6 heteroatoms. The van der Waals surface area contributed by atoms with Gasteiger partial charge in [-0.05, 0) is 39.3 Å². The fourth-order valence-electron chi connectivity index (χ4n) is 3.83. The van der Waals surface area contributed by atoms with Gasteiger partial charge in [0.05, 0.1) is 12.2 Å². The smallest absolute Gasteiger partial charge is 0.0638 e. The maximum atomic E-state index is 9.39. The molecule has 0 amide bonds. The van der Waals surface area contributed by atoms with Gasteiger partial charge in [-0.15, -0.1) is 0 Å². The van der Waals surface area contributed by atoms with Crippen LogP contribution in [0.25, 0.3) is 0 Å². The number of aromatic nitrogens is 2. The van der Waals surface area contributed by atoms with Crippen LogP contribution in [0.4, 0.5) is 0 Å². The zero-order chi connectivity index (χ0) is 16.9. The Morgan fingerprint density at radius 2 is 1.92 bits per heavy atom. The molecule has 2 fully saturated rings. The van der Waals surface area contributed by atoms with E-state index in [1.807, 2.05) is 0 Å². The van der Waals surface area contributed by atoms with Crippen LogP contribution in [0.3, 0.4) is 0 Å². The lowest BCUT2D eigenvalue weighted by atomic mass is 9.98. The lowest BCUT2D eigenvalue weighted by molar-refractivity contribution is 0.115. The quantitative estimate of drug-likeness (QED) is 0.827. The Morgan fingerprint density at radius 1 is 1.12 bits per heavy atom. The highest BCUT2D eigenvalue weighted by Crippen LogP contribution is 2.19. The Bertz CT molecular complexity index is 510. The van der Waals surface area contributed by atoms with Gasteiger partial charge in [0.2, 0.25) is 0 Å². The molecule has 24 heavy (non-hydrogen) atoms. The molecule has 0 aliphatic carbocycles. The summed E-state index contributed by atoms with van der Waals surface area (Å²) in [6.45, 7) is 12.3. The third-order valence-corrected chi connectivity index (χ3v) is 5.54. The molecule has 0 saturated carbocycles. The molecule has 2 saturated heterocycles. The van der Waals surface area contributed by atoms with E-state index in [1.54, 1.807) is 0 Å². The highest BCUT2D eigenvalue weighted by molar-refractivity contribution is 5.15. The second-order valence-electron chi connectivity index (χ2n) is 7.57. The van der Waals surface area contributed by atoms with Crippen molar-refractivity contribution >= 4 is 0 Å². The number of likely N-dealkylation sites (tertiary alicyclic amines) is 1. The Kier molecular flexibility index (Phi) is 6.27. The SMILES string of the molecule is Cc1nn(CCN2CCN(C)CC2)cc1CN1CCCC(CO)C1. The predicted molar refractivity (Wildman–Crippen MR) is 96.0 cm³/mol. The molecule has 3 rings (SSSR count). The van der Waals surface area contributed by atoms with Crippen LogP contribution in [-0.4, -0.2) is 89.1 Å². The molecular weight excluding hydrogens is 302 g/mol. The monoisotopic (exact) mass is 335 g/mol. The normalized spacial score (nSPS) is 24.5. The van der Waals surface area contributed by atoms with Crippen molar-refractivity contribution in [2.24, 2.45) is 5.92 Å². The van der Waals surface area contributed by atoms with Gasteiger partial charge in [-0.25, -0.2) is 0 Å². The van der Waals surface area contributed by atoms with Crippen molar-refractivity contribution in [3.63, 3.8) is 0 Å². The van der Waals surface area contributed by atoms with E-state index in [1.165, 1.54) is 38.2 Å². The highest BCUT2D eigenvalue weighted by atomic mass is 16.3. The van der Waals surface area contributed by atoms with Crippen LogP contribution in [0.15, 0.2) is 6.20 Å². The Labute approximate surface area is 146 Å². The summed E-state index contributed by atoms with van der Waals surface area (Å²) in [5.41, 5.74) is 2.49. The third kappa shape index (κ3) is 4.79. The number of likely N-dealkylation sites (N-methyl/N-ethyl adjacent to an activating group) is 1. The molecule has 3 heterocycles. The van der Waals surface area contributed by atoms with Crippen LogP contribution < -0.4 is 0 Å². The van der Waals surface area contributed by atoms with Gasteiger partial charge in [0.25, 0.3) is 0 Å². The first kappa shape index (κ1) is 17.9. The Morgan fingerprint density at radius 3 is 2.67 bits per heavy atom. The van der Waals surface area contributed by atoms with Crippen LogP contribution in [-0.2, 0) is 13.1 Å². The molecule has 0 bridgehead atoms. The number of aliphatic hydroxyl groups is 1. The number of hydrogen-bond donors (Lipinski definition) is 1. The predicted octanol–water partition coefficient (Wildman–Crippen LogP) is 0.643. The summed E-state index contributed by atoms with van der Waals surface area (Å²) in [5, 5.41) is 14.1. The first-order valence-corrected chi connectivity index (χ1v) is 9.41. The van der Waals surface area contributed by atoms with Crippen LogP contribution in [0.1, 0.15) is 24.1 Å². The first-order chi connectivity index (χ1) is 11.6. The molecule has 136 valence electrons. The van der Waals surface area contributed by atoms with Gasteiger partial charge in [-0.3, -0.25) is 14.5 Å². The molecule has 1 N–H and O–H groups in total. The van der Waals surface area contributed by atoms with Crippen molar-refractivity contribution in [2.75, 3.05) is 59.5 Å². The summed E-state index contributed by atoms with van der Waals surface area (Å²) in [7, 11) is 2.20. The van der Waals surface area contributed by atoms with Crippen molar-refractivity contribution < 1.29 is 5.11 Å². The lowest BCUT2D eigenvalue weighted by Gasteiger charge is -2.32. The maximum absolute atomic E-state index is 9.39. The van der Waals surface area contributed by atoms with Crippen LogP contribution in [0, 0.1) is 12.8 Å². The molecule has 0 aromatic carbocycles. The van der Waals surface area contributed by atoms with Gasteiger partial charge >= 0.3 is 0 Å². The second-order valence-corrected chi connectivity index (χ2v) is 7.57. The zero-order valence-electron chi connectivity index (χ0n) is 15.3. The van der Waals surface area contributed by atoms with Crippen molar-refractivity contribution in [3.8, 4) is 0 Å². The highest BCUT2D eigenvalue weighted by Gasteiger charge is 2.20. The summed E-state index contributed by atoms with van der Waals surface area (Å²) in [4.78, 5) is 7.40. The number of piperazine rings is 1. The third-order valence-electron chi connectivity index (χ3n) is 5.54. The minimum absolute atomic E-state index is 0.319. The lowest BCUT2D eigenvalue weighted by Crippen LogP contribution is -2.45. The second kappa shape index (κ2) is 8.43. The Balaban J connectivity index is 1.49. The summed E-state index contributed by atoms with van der Waals surface area (Å²) in [6.07, 6.45) is 4.59. The average Bonchev–Trinajstić information content (AvgIpc) is 2.94. The first-order valence-electron chi connectivity index (χ1n) is 9.41. The number of hydrogen-bond acceptors (Lipinski definition) is 5. The number of aryl methyl sites for hydroxylation is 1. The van der Waals surface area contributed by atoms with E-state index in [0.29, 0.717) is 12.5 Å². The maximum Gasteiger partial charge on any atom is 0.0638 e. The molecule has 0 spiro atoms.